The lowest BCUT2D eigenvalue weighted by Gasteiger charge is -2.07. The Morgan fingerprint density at radius 2 is 2.00 bits per heavy atom. The van der Waals surface area contributed by atoms with Crippen LogP contribution in [0, 0.1) is 5.92 Å². The van der Waals surface area contributed by atoms with Gasteiger partial charge in [-0.15, -0.1) is 0 Å². The average Bonchev–Trinajstić information content (AvgIpc) is 3.36. The SMILES string of the molecule is O=C(NCC1CC1)c1ccc(COc2ccccc2)nc1. The molecule has 4 nitrogen and oxygen atoms in total. The molecule has 1 N–H and O–H groups in total. The first kappa shape index (κ1) is 13.6. The van der Waals surface area contributed by atoms with Gasteiger partial charge in [-0.1, -0.05) is 18.2 Å². The van der Waals surface area contributed by atoms with Crippen LogP contribution < -0.4 is 10.1 Å². The molecule has 1 heterocycles. The first-order chi connectivity index (χ1) is 10.3. The predicted molar refractivity (Wildman–Crippen MR) is 80.1 cm³/mol. The van der Waals surface area contributed by atoms with Gasteiger partial charge in [-0.05, 0) is 43.0 Å². The molecule has 2 aromatic rings. The summed E-state index contributed by atoms with van der Waals surface area (Å²) in [5, 5.41) is 2.93. The number of ether oxygens (including phenoxy) is 1. The lowest BCUT2D eigenvalue weighted by atomic mass is 10.2. The van der Waals surface area contributed by atoms with Crippen LogP contribution in [0.5, 0.6) is 5.75 Å². The van der Waals surface area contributed by atoms with Gasteiger partial charge < -0.3 is 10.1 Å². The van der Waals surface area contributed by atoms with Gasteiger partial charge in [0.1, 0.15) is 12.4 Å². The molecule has 1 aliphatic rings. The second kappa shape index (κ2) is 6.39. The van der Waals surface area contributed by atoms with Crippen LogP contribution in [-0.2, 0) is 6.61 Å². The van der Waals surface area contributed by atoms with E-state index in [-0.39, 0.29) is 5.91 Å². The molecule has 3 rings (SSSR count). The fourth-order valence-electron chi connectivity index (χ4n) is 1.98. The van der Waals surface area contributed by atoms with E-state index in [1.54, 1.807) is 12.3 Å². The number of para-hydroxylation sites is 1. The number of carbonyl (C=O) groups excluding carboxylic acids is 1. The Morgan fingerprint density at radius 3 is 2.67 bits per heavy atom. The number of nitrogens with zero attached hydrogens (tertiary/aromatic N) is 1. The molecule has 0 saturated heterocycles. The number of hydrogen-bond acceptors (Lipinski definition) is 3. The van der Waals surface area contributed by atoms with Crippen LogP contribution in [0.25, 0.3) is 0 Å². The molecule has 0 bridgehead atoms. The number of benzene rings is 1. The van der Waals surface area contributed by atoms with Crippen molar-refractivity contribution in [2.24, 2.45) is 5.92 Å². The molecule has 1 aromatic carbocycles. The van der Waals surface area contributed by atoms with Gasteiger partial charge in [0.05, 0.1) is 11.3 Å². The fourth-order valence-corrected chi connectivity index (χ4v) is 1.98. The highest BCUT2D eigenvalue weighted by atomic mass is 16.5. The molecule has 1 fully saturated rings. The van der Waals surface area contributed by atoms with E-state index < -0.39 is 0 Å². The van der Waals surface area contributed by atoms with Crippen molar-refractivity contribution in [1.82, 2.24) is 10.3 Å². The van der Waals surface area contributed by atoms with Crippen LogP contribution in [0.3, 0.4) is 0 Å². The summed E-state index contributed by atoms with van der Waals surface area (Å²) in [6.07, 6.45) is 4.06. The summed E-state index contributed by atoms with van der Waals surface area (Å²) >= 11 is 0. The van der Waals surface area contributed by atoms with E-state index in [0.717, 1.165) is 18.0 Å². The molecule has 0 radical (unpaired) electrons. The minimum absolute atomic E-state index is 0.0510. The van der Waals surface area contributed by atoms with E-state index in [0.29, 0.717) is 18.1 Å². The van der Waals surface area contributed by atoms with Crippen LogP contribution in [-0.4, -0.2) is 17.4 Å². The van der Waals surface area contributed by atoms with Crippen LogP contribution in [0.4, 0.5) is 0 Å². The van der Waals surface area contributed by atoms with E-state index >= 15 is 0 Å². The van der Waals surface area contributed by atoms with Crippen molar-refractivity contribution in [3.8, 4) is 5.75 Å². The summed E-state index contributed by atoms with van der Waals surface area (Å²) in [5.74, 6) is 1.44. The normalized spacial score (nSPS) is 13.7. The number of amides is 1. The minimum Gasteiger partial charge on any atom is -0.487 e. The van der Waals surface area contributed by atoms with Crippen molar-refractivity contribution in [2.45, 2.75) is 19.4 Å². The van der Waals surface area contributed by atoms with Crippen molar-refractivity contribution >= 4 is 5.91 Å². The standard InChI is InChI=1S/C17H18N2O2/c20-17(19-10-13-6-7-13)14-8-9-15(18-11-14)12-21-16-4-2-1-3-5-16/h1-5,8-9,11,13H,6-7,10,12H2,(H,19,20). The van der Waals surface area contributed by atoms with Gasteiger partial charge in [-0.25, -0.2) is 0 Å². The third kappa shape index (κ3) is 4.05. The molecular weight excluding hydrogens is 264 g/mol. The lowest BCUT2D eigenvalue weighted by Crippen LogP contribution is -2.25. The van der Waals surface area contributed by atoms with Crippen LogP contribution in [0.2, 0.25) is 0 Å². The lowest BCUT2D eigenvalue weighted by molar-refractivity contribution is 0.0951. The minimum atomic E-state index is -0.0510. The molecule has 4 heteroatoms. The molecule has 0 spiro atoms. The van der Waals surface area contributed by atoms with Crippen LogP contribution in [0.1, 0.15) is 28.9 Å². The van der Waals surface area contributed by atoms with Crippen molar-refractivity contribution in [3.05, 3.63) is 59.9 Å². The highest BCUT2D eigenvalue weighted by Gasteiger charge is 2.21. The molecule has 1 aromatic heterocycles. The number of pyridine rings is 1. The summed E-state index contributed by atoms with van der Waals surface area (Å²) in [6.45, 7) is 1.17. The summed E-state index contributed by atoms with van der Waals surface area (Å²) in [7, 11) is 0. The zero-order chi connectivity index (χ0) is 14.5. The van der Waals surface area contributed by atoms with Crippen molar-refractivity contribution in [2.75, 3.05) is 6.54 Å². The maximum Gasteiger partial charge on any atom is 0.252 e. The molecule has 0 atom stereocenters. The zero-order valence-corrected chi connectivity index (χ0v) is 11.8. The number of hydrogen-bond donors (Lipinski definition) is 1. The van der Waals surface area contributed by atoms with Crippen molar-refractivity contribution in [1.29, 1.82) is 0 Å². The fraction of sp³-hybridized carbons (Fsp3) is 0.294. The highest BCUT2D eigenvalue weighted by molar-refractivity contribution is 5.93. The number of nitrogens with one attached hydrogen (secondary N) is 1. The van der Waals surface area contributed by atoms with Gasteiger partial charge in [-0.3, -0.25) is 9.78 Å². The van der Waals surface area contributed by atoms with Gasteiger partial charge >= 0.3 is 0 Å². The Labute approximate surface area is 124 Å². The molecular formula is C17H18N2O2. The Morgan fingerprint density at radius 1 is 1.19 bits per heavy atom. The van der Waals surface area contributed by atoms with E-state index in [4.69, 9.17) is 4.74 Å². The summed E-state index contributed by atoms with van der Waals surface area (Å²) in [6, 6.07) is 13.2. The Hall–Kier alpha value is -2.36. The zero-order valence-electron chi connectivity index (χ0n) is 11.8. The van der Waals surface area contributed by atoms with Crippen LogP contribution in [0.15, 0.2) is 48.7 Å². The molecule has 108 valence electrons. The van der Waals surface area contributed by atoms with E-state index in [9.17, 15) is 4.79 Å². The van der Waals surface area contributed by atoms with E-state index in [1.807, 2.05) is 36.4 Å². The maximum absolute atomic E-state index is 11.9. The molecule has 1 amide bonds. The van der Waals surface area contributed by atoms with Gasteiger partial charge in [0.15, 0.2) is 0 Å². The van der Waals surface area contributed by atoms with E-state index in [1.165, 1.54) is 12.8 Å². The average molecular weight is 282 g/mol. The quantitative estimate of drug-likeness (QED) is 0.886. The maximum atomic E-state index is 11.9. The molecule has 21 heavy (non-hydrogen) atoms. The van der Waals surface area contributed by atoms with E-state index in [2.05, 4.69) is 10.3 Å². The predicted octanol–water partition coefficient (Wildman–Crippen LogP) is 2.80. The monoisotopic (exact) mass is 282 g/mol. The van der Waals surface area contributed by atoms with Gasteiger partial charge in [0.2, 0.25) is 0 Å². The number of aromatic nitrogens is 1. The summed E-state index contributed by atoms with van der Waals surface area (Å²) < 4.78 is 5.62. The van der Waals surface area contributed by atoms with Gasteiger partial charge in [0.25, 0.3) is 5.91 Å². The number of carbonyl (C=O) groups is 1. The van der Waals surface area contributed by atoms with Crippen molar-refractivity contribution in [3.63, 3.8) is 0 Å². The third-order valence-electron chi connectivity index (χ3n) is 3.47. The number of rotatable bonds is 6. The molecule has 0 unspecified atom stereocenters. The second-order valence-corrected chi connectivity index (χ2v) is 5.29. The van der Waals surface area contributed by atoms with Gasteiger partial charge in [-0.2, -0.15) is 0 Å². The highest BCUT2D eigenvalue weighted by Crippen LogP contribution is 2.27. The molecule has 0 aliphatic heterocycles. The summed E-state index contributed by atoms with van der Waals surface area (Å²) in [4.78, 5) is 16.2. The third-order valence-corrected chi connectivity index (χ3v) is 3.47. The van der Waals surface area contributed by atoms with Crippen LogP contribution >= 0.6 is 0 Å². The van der Waals surface area contributed by atoms with Crippen molar-refractivity contribution < 1.29 is 9.53 Å². The Bertz CT molecular complexity index is 592. The largest absolute Gasteiger partial charge is 0.487 e. The first-order valence-electron chi connectivity index (χ1n) is 7.22. The first-order valence-corrected chi connectivity index (χ1v) is 7.22. The smallest absolute Gasteiger partial charge is 0.252 e. The topological polar surface area (TPSA) is 51.2 Å². The summed E-state index contributed by atoms with van der Waals surface area (Å²) in [5.41, 5.74) is 1.40. The van der Waals surface area contributed by atoms with Gasteiger partial charge in [0, 0.05) is 12.7 Å². The molecule has 1 saturated carbocycles. The Balaban J connectivity index is 1.52. The molecule has 1 aliphatic carbocycles. The second-order valence-electron chi connectivity index (χ2n) is 5.29. The Kier molecular flexibility index (Phi) is 4.15.